The first kappa shape index (κ1) is 14.7. The molecule has 0 aliphatic carbocycles. The van der Waals surface area contributed by atoms with E-state index in [0.29, 0.717) is 0 Å². The molecule has 4 nitrogen and oxygen atoms in total. The Labute approximate surface area is 97.3 Å². The highest BCUT2D eigenvalue weighted by Crippen LogP contribution is 2.07. The number of ether oxygens (including phenoxy) is 2. The summed E-state index contributed by atoms with van der Waals surface area (Å²) in [7, 11) is 1.00. The maximum absolute atomic E-state index is 11.3. The summed E-state index contributed by atoms with van der Waals surface area (Å²) in [5, 5.41) is 0. The first-order valence-electron chi connectivity index (χ1n) is 4.97. The van der Waals surface area contributed by atoms with Gasteiger partial charge in [-0.2, -0.15) is 0 Å². The lowest BCUT2D eigenvalue weighted by atomic mass is 10.1. The molecule has 5 heteroatoms. The van der Waals surface area contributed by atoms with Crippen LogP contribution in [0.25, 0.3) is 0 Å². The van der Waals surface area contributed by atoms with Crippen LogP contribution < -0.4 is 0 Å². The second kappa shape index (κ2) is 6.33. The molecule has 0 aromatic heterocycles. The van der Waals surface area contributed by atoms with E-state index >= 15 is 0 Å². The zero-order valence-electron chi connectivity index (χ0n) is 10.4. The number of rotatable bonds is 3. The third kappa shape index (κ3) is 5.56. The second-order valence-electron chi connectivity index (χ2n) is 4.35. The lowest BCUT2D eigenvalue weighted by Gasteiger charge is -2.09. The molecule has 0 atom stereocenters. The topological polar surface area (TPSA) is 52.6 Å². The molecule has 0 unspecified atom stereocenters. The summed E-state index contributed by atoms with van der Waals surface area (Å²) in [4.78, 5) is 22.6. The molecule has 0 fully saturated rings. The van der Waals surface area contributed by atoms with Crippen molar-refractivity contribution in [2.24, 2.45) is 5.92 Å². The lowest BCUT2D eigenvalue weighted by Crippen LogP contribution is -2.26. The fraction of sp³-hybridized carbons (Fsp3) is 0.636. The highest BCUT2D eigenvalue weighted by atomic mass is 28.3. The molecule has 0 radical (unpaired) electrons. The average molecular weight is 242 g/mol. The van der Waals surface area contributed by atoms with E-state index in [4.69, 9.17) is 0 Å². The Morgan fingerprint density at radius 1 is 1.12 bits per heavy atom. The fourth-order valence-electron chi connectivity index (χ4n) is 0.966. The van der Waals surface area contributed by atoms with Gasteiger partial charge in [-0.3, -0.25) is 9.59 Å². The fourth-order valence-corrected chi connectivity index (χ4v) is 1.60. The number of hydrogen-bond acceptors (Lipinski definition) is 4. The van der Waals surface area contributed by atoms with E-state index in [9.17, 15) is 9.59 Å². The van der Waals surface area contributed by atoms with Crippen LogP contribution in [0.1, 0.15) is 6.42 Å². The minimum absolute atomic E-state index is 0.156. The molecule has 0 saturated heterocycles. The van der Waals surface area contributed by atoms with E-state index in [1.54, 1.807) is 0 Å². The van der Waals surface area contributed by atoms with Crippen molar-refractivity contribution >= 4 is 20.0 Å². The average Bonchev–Trinajstić information content (AvgIpc) is 2.21. The lowest BCUT2D eigenvalue weighted by molar-refractivity contribution is -0.158. The Morgan fingerprint density at radius 2 is 1.56 bits per heavy atom. The van der Waals surface area contributed by atoms with Gasteiger partial charge in [0.25, 0.3) is 0 Å². The van der Waals surface area contributed by atoms with Gasteiger partial charge < -0.3 is 9.47 Å². The van der Waals surface area contributed by atoms with Crippen LogP contribution in [0, 0.1) is 17.4 Å². The van der Waals surface area contributed by atoms with Crippen LogP contribution in [-0.4, -0.2) is 34.2 Å². The molecule has 0 heterocycles. The minimum atomic E-state index is -1.48. The molecule has 0 N–H and O–H groups in total. The molecule has 0 spiro atoms. The number of esters is 2. The number of hydrogen-bond donors (Lipinski definition) is 0. The molecule has 0 amide bonds. The van der Waals surface area contributed by atoms with Gasteiger partial charge in [-0.25, -0.2) is 0 Å². The third-order valence-corrected chi connectivity index (χ3v) is 2.67. The molecule has 0 rings (SSSR count). The van der Waals surface area contributed by atoms with E-state index in [0.717, 1.165) is 0 Å². The van der Waals surface area contributed by atoms with Crippen molar-refractivity contribution in [2.45, 2.75) is 26.1 Å². The smallest absolute Gasteiger partial charge is 0.321 e. The Balaban J connectivity index is 4.62. The second-order valence-corrected chi connectivity index (χ2v) is 9.10. The van der Waals surface area contributed by atoms with Crippen molar-refractivity contribution in [1.29, 1.82) is 0 Å². The third-order valence-electron chi connectivity index (χ3n) is 1.74. The number of carbonyl (C=O) groups is 2. The zero-order chi connectivity index (χ0) is 12.8. The molecule has 0 bridgehead atoms. The monoisotopic (exact) mass is 242 g/mol. The van der Waals surface area contributed by atoms with Gasteiger partial charge in [0.15, 0.2) is 5.92 Å². The van der Waals surface area contributed by atoms with Crippen molar-refractivity contribution < 1.29 is 19.1 Å². The van der Waals surface area contributed by atoms with E-state index in [2.05, 4.69) is 40.6 Å². The van der Waals surface area contributed by atoms with Crippen LogP contribution >= 0.6 is 0 Å². The minimum Gasteiger partial charge on any atom is -0.468 e. The van der Waals surface area contributed by atoms with Crippen molar-refractivity contribution in [1.82, 2.24) is 0 Å². The van der Waals surface area contributed by atoms with E-state index in [1.165, 1.54) is 14.2 Å². The largest absolute Gasteiger partial charge is 0.468 e. The summed E-state index contributed by atoms with van der Waals surface area (Å²) in [5.41, 5.74) is 3.08. The molecule has 0 aromatic rings. The summed E-state index contributed by atoms with van der Waals surface area (Å²) in [6, 6.07) is 0. The number of carbonyl (C=O) groups excluding carboxylic acids is 2. The van der Waals surface area contributed by atoms with Gasteiger partial charge in [-0.15, -0.1) is 11.5 Å². The molecule has 90 valence electrons. The molecule has 16 heavy (non-hydrogen) atoms. The summed E-state index contributed by atoms with van der Waals surface area (Å²) in [5.74, 6) is 0.734. The van der Waals surface area contributed by atoms with Crippen molar-refractivity contribution in [3.05, 3.63) is 0 Å². The molecule has 0 aromatic carbocycles. The Morgan fingerprint density at radius 3 is 1.88 bits per heavy atom. The normalized spacial score (nSPS) is 10.4. The van der Waals surface area contributed by atoms with Crippen LogP contribution in [-0.2, 0) is 19.1 Å². The first-order chi connectivity index (χ1) is 7.31. The number of methoxy groups -OCH3 is 2. The highest BCUT2D eigenvalue weighted by molar-refractivity contribution is 6.83. The standard InChI is InChI=1S/C11H18O4Si/c1-14-10(12)9(11(13)15-2)7-6-8-16(3,4)5/h9H,7H2,1-5H3. The quantitative estimate of drug-likeness (QED) is 0.323. The summed E-state index contributed by atoms with van der Waals surface area (Å²) >= 11 is 0. The van der Waals surface area contributed by atoms with E-state index in [-0.39, 0.29) is 6.42 Å². The SMILES string of the molecule is COC(=O)C(CC#C[Si](C)(C)C)C(=O)OC. The van der Waals surface area contributed by atoms with E-state index < -0.39 is 25.9 Å². The maximum atomic E-state index is 11.3. The predicted molar refractivity (Wildman–Crippen MR) is 63.3 cm³/mol. The Bertz CT molecular complexity index is 303. The first-order valence-corrected chi connectivity index (χ1v) is 8.47. The predicted octanol–water partition coefficient (Wildman–Crippen LogP) is 1.22. The molecular weight excluding hydrogens is 224 g/mol. The van der Waals surface area contributed by atoms with Crippen LogP contribution in [0.2, 0.25) is 19.6 Å². The molecule has 0 aliphatic heterocycles. The van der Waals surface area contributed by atoms with Crippen LogP contribution in [0.5, 0.6) is 0 Å². The molecule has 0 aliphatic rings. The van der Waals surface area contributed by atoms with Gasteiger partial charge in [-0.1, -0.05) is 19.6 Å². The summed E-state index contributed by atoms with van der Waals surface area (Å²) in [6.07, 6.45) is 0.156. The van der Waals surface area contributed by atoms with Gasteiger partial charge in [0.1, 0.15) is 8.07 Å². The summed E-state index contributed by atoms with van der Waals surface area (Å²) in [6.45, 7) is 6.27. The van der Waals surface area contributed by atoms with Gasteiger partial charge >= 0.3 is 11.9 Å². The van der Waals surface area contributed by atoms with Crippen molar-refractivity contribution in [3.63, 3.8) is 0 Å². The van der Waals surface area contributed by atoms with Gasteiger partial charge in [-0.05, 0) is 0 Å². The van der Waals surface area contributed by atoms with Crippen LogP contribution in [0.3, 0.4) is 0 Å². The van der Waals surface area contributed by atoms with E-state index in [1.807, 2.05) is 0 Å². The molecular formula is C11H18O4Si. The summed E-state index contributed by atoms with van der Waals surface area (Å²) < 4.78 is 9.04. The maximum Gasteiger partial charge on any atom is 0.321 e. The molecule has 0 saturated carbocycles. The van der Waals surface area contributed by atoms with Crippen LogP contribution in [0.4, 0.5) is 0 Å². The van der Waals surface area contributed by atoms with Gasteiger partial charge in [0, 0.05) is 6.42 Å². The van der Waals surface area contributed by atoms with Gasteiger partial charge in [0.05, 0.1) is 14.2 Å². The highest BCUT2D eigenvalue weighted by Gasteiger charge is 2.27. The Hall–Kier alpha value is -1.28. The van der Waals surface area contributed by atoms with Crippen molar-refractivity contribution in [2.75, 3.05) is 14.2 Å². The van der Waals surface area contributed by atoms with Gasteiger partial charge in [0.2, 0.25) is 0 Å². The van der Waals surface area contributed by atoms with Crippen molar-refractivity contribution in [3.8, 4) is 11.5 Å². The Kier molecular flexibility index (Phi) is 5.82. The van der Waals surface area contributed by atoms with Crippen LogP contribution in [0.15, 0.2) is 0 Å². The zero-order valence-corrected chi connectivity index (χ0v) is 11.4.